The van der Waals surface area contributed by atoms with E-state index in [0.717, 1.165) is 38.8 Å². The molecule has 0 spiro atoms. The Kier molecular flexibility index (Phi) is 14.4. The van der Waals surface area contributed by atoms with E-state index in [1.807, 2.05) is 26.0 Å². The fraction of sp³-hybridized carbons (Fsp3) is 0.579. The van der Waals surface area contributed by atoms with Crippen LogP contribution in [0.2, 0.25) is 0 Å². The first-order valence-electron chi connectivity index (χ1n) is 8.05. The summed E-state index contributed by atoms with van der Waals surface area (Å²) in [6, 6.07) is 2.20. The molecule has 124 valence electrons. The van der Waals surface area contributed by atoms with E-state index in [-0.39, 0.29) is 5.41 Å². The standard InChI is InChI=1S/C9H14N2O.C8H12.C2H6/c1-9(2-5-10)3-6-11(8-12)7-4-9;1-4-7-8(5-2)6-3;1-2/h8H,2-4,6-7H2,1H3;4-5,7H,1-2,6H2,3H3;1-2H3/b;8-7+;. The van der Waals surface area contributed by atoms with E-state index in [4.69, 9.17) is 5.26 Å². The highest BCUT2D eigenvalue weighted by molar-refractivity contribution is 5.47. The lowest BCUT2D eigenvalue weighted by atomic mass is 9.78. The number of carbonyl (C=O) groups is 1. The fourth-order valence-corrected chi connectivity index (χ4v) is 2.02. The molecule has 0 saturated carbocycles. The van der Waals surface area contributed by atoms with Gasteiger partial charge in [0.15, 0.2) is 0 Å². The van der Waals surface area contributed by atoms with Crippen molar-refractivity contribution in [2.45, 2.75) is 53.4 Å². The largest absolute Gasteiger partial charge is 0.345 e. The molecule has 1 rings (SSSR count). The van der Waals surface area contributed by atoms with Gasteiger partial charge in [-0.2, -0.15) is 5.26 Å². The summed E-state index contributed by atoms with van der Waals surface area (Å²) in [7, 11) is 0. The van der Waals surface area contributed by atoms with Gasteiger partial charge in [0.2, 0.25) is 6.41 Å². The second-order valence-electron chi connectivity index (χ2n) is 5.32. The summed E-state index contributed by atoms with van der Waals surface area (Å²) in [5.41, 5.74) is 1.38. The van der Waals surface area contributed by atoms with Crippen LogP contribution in [-0.4, -0.2) is 24.4 Å². The van der Waals surface area contributed by atoms with Crippen molar-refractivity contribution in [2.24, 2.45) is 5.41 Å². The Labute approximate surface area is 137 Å². The number of amides is 1. The SMILES string of the molecule is C=C/C=C(\C=C)CC.CC.CC1(CC#N)CCN(C=O)CC1. The molecule has 0 aromatic carbocycles. The number of nitriles is 1. The van der Waals surface area contributed by atoms with E-state index in [1.54, 1.807) is 11.0 Å². The highest BCUT2D eigenvalue weighted by atomic mass is 16.1. The maximum atomic E-state index is 10.4. The van der Waals surface area contributed by atoms with Crippen LogP contribution in [0.4, 0.5) is 0 Å². The zero-order chi connectivity index (χ0) is 17.4. The predicted molar refractivity (Wildman–Crippen MR) is 95.3 cm³/mol. The zero-order valence-corrected chi connectivity index (χ0v) is 14.8. The van der Waals surface area contributed by atoms with Gasteiger partial charge in [0.25, 0.3) is 0 Å². The Bertz CT molecular complexity index is 383. The molecule has 1 amide bonds. The molecule has 1 saturated heterocycles. The molecule has 1 fully saturated rings. The lowest BCUT2D eigenvalue weighted by Crippen LogP contribution is -2.37. The van der Waals surface area contributed by atoms with E-state index >= 15 is 0 Å². The molecular formula is C19H32N2O. The molecular weight excluding hydrogens is 272 g/mol. The van der Waals surface area contributed by atoms with Gasteiger partial charge in [-0.1, -0.05) is 59.1 Å². The molecule has 0 unspecified atom stereocenters. The van der Waals surface area contributed by atoms with Crippen LogP contribution in [0.5, 0.6) is 0 Å². The monoisotopic (exact) mass is 304 g/mol. The number of hydrogen-bond acceptors (Lipinski definition) is 2. The van der Waals surface area contributed by atoms with Crippen molar-refractivity contribution in [3.05, 3.63) is 37.0 Å². The molecule has 0 bridgehead atoms. The topological polar surface area (TPSA) is 44.1 Å². The fourth-order valence-electron chi connectivity index (χ4n) is 2.02. The molecule has 0 N–H and O–H groups in total. The minimum Gasteiger partial charge on any atom is -0.345 e. The maximum absolute atomic E-state index is 10.4. The van der Waals surface area contributed by atoms with Gasteiger partial charge >= 0.3 is 0 Å². The Morgan fingerprint density at radius 2 is 1.86 bits per heavy atom. The second-order valence-corrected chi connectivity index (χ2v) is 5.32. The molecule has 1 aliphatic heterocycles. The number of hydrogen-bond donors (Lipinski definition) is 0. The highest BCUT2D eigenvalue weighted by Gasteiger charge is 2.29. The van der Waals surface area contributed by atoms with E-state index < -0.39 is 0 Å². The molecule has 3 heteroatoms. The first-order valence-corrected chi connectivity index (χ1v) is 8.05. The van der Waals surface area contributed by atoms with Crippen LogP contribution in [0.3, 0.4) is 0 Å². The summed E-state index contributed by atoms with van der Waals surface area (Å²) in [5, 5.41) is 8.57. The van der Waals surface area contributed by atoms with Crippen molar-refractivity contribution < 1.29 is 4.79 Å². The van der Waals surface area contributed by atoms with Crippen LogP contribution >= 0.6 is 0 Å². The summed E-state index contributed by atoms with van der Waals surface area (Å²) in [4.78, 5) is 12.2. The molecule has 1 heterocycles. The minimum atomic E-state index is 0.147. The van der Waals surface area contributed by atoms with Gasteiger partial charge in [0.05, 0.1) is 6.07 Å². The van der Waals surface area contributed by atoms with Crippen molar-refractivity contribution in [3.63, 3.8) is 0 Å². The number of nitrogens with zero attached hydrogens (tertiary/aromatic N) is 2. The first kappa shape index (κ1) is 22.5. The number of rotatable bonds is 5. The quantitative estimate of drug-likeness (QED) is 0.536. The third kappa shape index (κ3) is 9.99. The van der Waals surface area contributed by atoms with Crippen molar-refractivity contribution in [2.75, 3.05) is 13.1 Å². The van der Waals surface area contributed by atoms with Gasteiger partial charge in [-0.15, -0.1) is 0 Å². The van der Waals surface area contributed by atoms with Gasteiger partial charge in [-0.3, -0.25) is 4.79 Å². The Balaban J connectivity index is 0. The molecule has 1 aliphatic rings. The van der Waals surface area contributed by atoms with Gasteiger partial charge in [-0.05, 0) is 30.3 Å². The minimum absolute atomic E-state index is 0.147. The lowest BCUT2D eigenvalue weighted by molar-refractivity contribution is -0.120. The number of piperidine rings is 1. The van der Waals surface area contributed by atoms with Crippen molar-refractivity contribution in [1.82, 2.24) is 4.90 Å². The van der Waals surface area contributed by atoms with E-state index in [9.17, 15) is 4.79 Å². The molecule has 0 atom stereocenters. The van der Waals surface area contributed by atoms with Crippen LogP contribution in [0, 0.1) is 16.7 Å². The Morgan fingerprint density at radius 1 is 1.32 bits per heavy atom. The van der Waals surface area contributed by atoms with Crippen LogP contribution in [0.25, 0.3) is 0 Å². The number of likely N-dealkylation sites (tertiary alicyclic amines) is 1. The Hall–Kier alpha value is -1.82. The third-order valence-corrected chi connectivity index (χ3v) is 3.66. The van der Waals surface area contributed by atoms with Crippen LogP contribution in [0.15, 0.2) is 37.0 Å². The van der Waals surface area contributed by atoms with Crippen LogP contribution in [0.1, 0.15) is 53.4 Å². The number of carbonyl (C=O) groups excluding carboxylic acids is 1. The summed E-state index contributed by atoms with van der Waals surface area (Å²) in [6.07, 6.45) is 10.1. The summed E-state index contributed by atoms with van der Waals surface area (Å²) in [6.45, 7) is 17.0. The molecule has 0 aliphatic carbocycles. The number of allylic oxidation sites excluding steroid dienone is 4. The smallest absolute Gasteiger partial charge is 0.209 e. The second kappa shape index (κ2) is 14.1. The molecule has 22 heavy (non-hydrogen) atoms. The van der Waals surface area contributed by atoms with Gasteiger partial charge in [-0.25, -0.2) is 0 Å². The van der Waals surface area contributed by atoms with Crippen LogP contribution < -0.4 is 0 Å². The van der Waals surface area contributed by atoms with E-state index in [1.165, 1.54) is 5.57 Å². The molecule has 3 nitrogen and oxygen atoms in total. The maximum Gasteiger partial charge on any atom is 0.209 e. The van der Waals surface area contributed by atoms with E-state index in [0.29, 0.717) is 6.42 Å². The van der Waals surface area contributed by atoms with Gasteiger partial charge in [0.1, 0.15) is 0 Å². The summed E-state index contributed by atoms with van der Waals surface area (Å²) >= 11 is 0. The summed E-state index contributed by atoms with van der Waals surface area (Å²) < 4.78 is 0. The molecule has 0 aromatic heterocycles. The Morgan fingerprint density at radius 3 is 2.14 bits per heavy atom. The average Bonchev–Trinajstić information content (AvgIpc) is 2.56. The van der Waals surface area contributed by atoms with Crippen molar-refractivity contribution >= 4 is 6.41 Å². The van der Waals surface area contributed by atoms with Crippen molar-refractivity contribution in [1.29, 1.82) is 5.26 Å². The normalized spacial score (nSPS) is 16.0. The molecule has 0 aromatic rings. The lowest BCUT2D eigenvalue weighted by Gasteiger charge is -2.36. The molecule has 0 radical (unpaired) electrons. The first-order chi connectivity index (χ1) is 10.5. The van der Waals surface area contributed by atoms with Crippen molar-refractivity contribution in [3.8, 4) is 6.07 Å². The van der Waals surface area contributed by atoms with Crippen LogP contribution in [-0.2, 0) is 4.79 Å². The third-order valence-electron chi connectivity index (χ3n) is 3.66. The zero-order valence-electron chi connectivity index (χ0n) is 14.8. The predicted octanol–water partition coefficient (Wildman–Crippen LogP) is 4.88. The van der Waals surface area contributed by atoms with Gasteiger partial charge < -0.3 is 4.90 Å². The van der Waals surface area contributed by atoms with E-state index in [2.05, 4.69) is 33.1 Å². The van der Waals surface area contributed by atoms with Gasteiger partial charge in [0, 0.05) is 19.5 Å². The highest BCUT2D eigenvalue weighted by Crippen LogP contribution is 2.33. The average molecular weight is 304 g/mol. The summed E-state index contributed by atoms with van der Waals surface area (Å²) in [5.74, 6) is 0.